The molecule has 2 aromatic carbocycles. The number of carbonyl (C=O) groups is 1. The van der Waals surface area contributed by atoms with Gasteiger partial charge in [-0.1, -0.05) is 54.6 Å². The second-order valence-corrected chi connectivity index (χ2v) is 6.26. The fourth-order valence-electron chi connectivity index (χ4n) is 3.22. The molecular weight excluding hydrogens is 330 g/mol. The molecule has 2 amide bonds. The zero-order valence-electron chi connectivity index (χ0n) is 14.1. The molecule has 0 aliphatic heterocycles. The first kappa shape index (κ1) is 16.4. The van der Waals surface area contributed by atoms with Crippen molar-refractivity contribution in [1.82, 2.24) is 15.6 Å². The summed E-state index contributed by atoms with van der Waals surface area (Å²) >= 11 is 0. The van der Waals surface area contributed by atoms with Crippen LogP contribution >= 0.6 is 0 Å². The number of amides is 2. The van der Waals surface area contributed by atoms with E-state index in [1.54, 1.807) is 6.20 Å². The second-order valence-electron chi connectivity index (χ2n) is 6.26. The number of aromatic nitrogens is 1. The van der Waals surface area contributed by atoms with Gasteiger partial charge < -0.3 is 20.2 Å². The maximum absolute atomic E-state index is 12.2. The van der Waals surface area contributed by atoms with E-state index in [1.807, 2.05) is 54.6 Å². The van der Waals surface area contributed by atoms with Gasteiger partial charge in [-0.2, -0.15) is 0 Å². The smallest absolute Gasteiger partial charge is 0.315 e. The van der Waals surface area contributed by atoms with Crippen molar-refractivity contribution in [3.63, 3.8) is 0 Å². The quantitative estimate of drug-likeness (QED) is 0.676. The fraction of sp³-hybridized carbons (Fsp3) is 0.200. The second kappa shape index (κ2) is 7.01. The van der Waals surface area contributed by atoms with Gasteiger partial charge in [0.25, 0.3) is 0 Å². The highest BCUT2D eigenvalue weighted by atomic mass is 16.4. The number of hydrogen-bond acceptors (Lipinski definition) is 4. The lowest BCUT2D eigenvalue weighted by molar-refractivity contribution is 0.142. The first-order valence-corrected chi connectivity index (χ1v) is 8.51. The molecule has 0 saturated heterocycles. The van der Waals surface area contributed by atoms with Crippen molar-refractivity contribution in [1.29, 1.82) is 0 Å². The van der Waals surface area contributed by atoms with Gasteiger partial charge in [-0.3, -0.25) is 0 Å². The zero-order valence-corrected chi connectivity index (χ0v) is 14.1. The van der Waals surface area contributed by atoms with Gasteiger partial charge in [0, 0.05) is 12.0 Å². The van der Waals surface area contributed by atoms with Gasteiger partial charge in [0.2, 0.25) is 5.89 Å². The summed E-state index contributed by atoms with van der Waals surface area (Å²) in [6.45, 7) is 0.170. The highest BCUT2D eigenvalue weighted by molar-refractivity contribution is 5.74. The zero-order chi connectivity index (χ0) is 17.9. The van der Waals surface area contributed by atoms with Gasteiger partial charge in [-0.15, -0.1) is 0 Å². The van der Waals surface area contributed by atoms with Crippen LogP contribution in [0.2, 0.25) is 0 Å². The van der Waals surface area contributed by atoms with E-state index in [9.17, 15) is 9.90 Å². The molecule has 2 atom stereocenters. The molecule has 0 spiro atoms. The maximum Gasteiger partial charge on any atom is 0.315 e. The summed E-state index contributed by atoms with van der Waals surface area (Å²) in [5.74, 6) is 1.08. The number of fused-ring (bicyclic) bond motifs is 1. The molecule has 26 heavy (non-hydrogen) atoms. The summed E-state index contributed by atoms with van der Waals surface area (Å²) in [5, 5.41) is 15.7. The molecule has 2 unspecified atom stereocenters. The van der Waals surface area contributed by atoms with E-state index >= 15 is 0 Å². The van der Waals surface area contributed by atoms with Crippen LogP contribution in [0.3, 0.4) is 0 Å². The highest BCUT2D eigenvalue weighted by Gasteiger charge is 2.31. The minimum absolute atomic E-state index is 0.170. The lowest BCUT2D eigenvalue weighted by Gasteiger charge is -2.18. The molecule has 132 valence electrons. The van der Waals surface area contributed by atoms with Gasteiger partial charge in [0.15, 0.2) is 5.76 Å². The molecule has 3 N–H and O–H groups in total. The molecule has 4 rings (SSSR count). The minimum Gasteiger partial charge on any atom is -0.439 e. The third-order valence-electron chi connectivity index (χ3n) is 4.50. The first-order valence-electron chi connectivity index (χ1n) is 8.51. The van der Waals surface area contributed by atoms with Gasteiger partial charge in [0.1, 0.15) is 0 Å². The summed E-state index contributed by atoms with van der Waals surface area (Å²) in [4.78, 5) is 16.4. The van der Waals surface area contributed by atoms with Crippen LogP contribution in [0.15, 0.2) is 65.2 Å². The number of aliphatic hydroxyl groups excluding tert-OH is 1. The molecule has 3 aromatic rings. The number of aliphatic hydroxyl groups is 1. The minimum atomic E-state index is -0.621. The van der Waals surface area contributed by atoms with Crippen LogP contribution in [0, 0.1) is 0 Å². The number of hydrogen-bond donors (Lipinski definition) is 3. The molecular formula is C20H19N3O3. The van der Waals surface area contributed by atoms with Crippen LogP contribution in [-0.2, 0) is 13.0 Å². The molecule has 0 saturated carbocycles. The topological polar surface area (TPSA) is 87.4 Å². The van der Waals surface area contributed by atoms with E-state index in [1.165, 1.54) is 0 Å². The predicted molar refractivity (Wildman–Crippen MR) is 96.2 cm³/mol. The summed E-state index contributed by atoms with van der Waals surface area (Å²) in [7, 11) is 0. The molecule has 6 nitrogen and oxygen atoms in total. The van der Waals surface area contributed by atoms with Gasteiger partial charge >= 0.3 is 6.03 Å². The van der Waals surface area contributed by atoms with Crippen LogP contribution in [-0.4, -0.2) is 22.2 Å². The Labute approximate surface area is 150 Å². The van der Waals surface area contributed by atoms with E-state index in [0.29, 0.717) is 18.1 Å². The fourth-order valence-corrected chi connectivity index (χ4v) is 3.22. The number of urea groups is 1. The van der Waals surface area contributed by atoms with Crippen molar-refractivity contribution in [2.24, 2.45) is 0 Å². The lowest BCUT2D eigenvalue weighted by atomic mass is 10.1. The Kier molecular flexibility index (Phi) is 4.41. The van der Waals surface area contributed by atoms with Gasteiger partial charge in [-0.25, -0.2) is 9.78 Å². The molecule has 6 heteroatoms. The van der Waals surface area contributed by atoms with Crippen molar-refractivity contribution < 1.29 is 14.3 Å². The summed E-state index contributed by atoms with van der Waals surface area (Å²) < 4.78 is 5.66. The Morgan fingerprint density at radius 3 is 2.77 bits per heavy atom. The van der Waals surface area contributed by atoms with Crippen LogP contribution in [0.1, 0.15) is 23.1 Å². The Hall–Kier alpha value is -3.12. The van der Waals surface area contributed by atoms with Crippen molar-refractivity contribution in [2.75, 3.05) is 0 Å². The van der Waals surface area contributed by atoms with E-state index in [2.05, 4.69) is 15.6 Å². The molecule has 1 aliphatic rings. The average Bonchev–Trinajstić information content (AvgIpc) is 3.26. The van der Waals surface area contributed by atoms with E-state index in [0.717, 1.165) is 16.7 Å². The molecule has 1 heterocycles. The number of oxazole rings is 1. The van der Waals surface area contributed by atoms with Crippen molar-refractivity contribution in [3.8, 4) is 11.3 Å². The predicted octanol–water partition coefficient (Wildman–Crippen LogP) is 2.80. The number of benzene rings is 2. The Morgan fingerprint density at radius 2 is 1.92 bits per heavy atom. The lowest BCUT2D eigenvalue weighted by Crippen LogP contribution is -2.40. The molecule has 0 fully saturated rings. The molecule has 0 bridgehead atoms. The summed E-state index contributed by atoms with van der Waals surface area (Å²) in [6, 6.07) is 16.6. The van der Waals surface area contributed by atoms with E-state index < -0.39 is 12.1 Å². The van der Waals surface area contributed by atoms with Crippen LogP contribution in [0.4, 0.5) is 4.79 Å². The number of nitrogens with one attached hydrogen (secondary N) is 2. The van der Waals surface area contributed by atoms with Gasteiger partial charge in [-0.05, 0) is 11.1 Å². The Bertz CT molecular complexity index is 907. The standard InChI is InChI=1S/C20H19N3O3/c24-16-10-14-8-4-5-9-15(14)19(16)23-20(25)22-12-18-21-11-17(26-18)13-6-2-1-3-7-13/h1-9,11,16,19,24H,10,12H2,(H2,22,23,25). The highest BCUT2D eigenvalue weighted by Crippen LogP contribution is 2.31. The van der Waals surface area contributed by atoms with Crippen LogP contribution in [0.5, 0.6) is 0 Å². The number of nitrogens with zero attached hydrogens (tertiary/aromatic N) is 1. The third-order valence-corrected chi connectivity index (χ3v) is 4.50. The van der Waals surface area contributed by atoms with Crippen molar-refractivity contribution in [2.45, 2.75) is 25.1 Å². The third kappa shape index (κ3) is 3.32. The molecule has 0 radical (unpaired) electrons. The largest absolute Gasteiger partial charge is 0.439 e. The van der Waals surface area contributed by atoms with E-state index in [-0.39, 0.29) is 12.6 Å². The average molecular weight is 349 g/mol. The normalized spacial score (nSPS) is 18.3. The van der Waals surface area contributed by atoms with Gasteiger partial charge in [0.05, 0.1) is 24.9 Å². The first-order chi connectivity index (χ1) is 12.7. The van der Waals surface area contributed by atoms with Crippen LogP contribution in [0.25, 0.3) is 11.3 Å². The summed E-state index contributed by atoms with van der Waals surface area (Å²) in [6.07, 6.45) is 1.56. The van der Waals surface area contributed by atoms with Crippen molar-refractivity contribution >= 4 is 6.03 Å². The monoisotopic (exact) mass is 349 g/mol. The van der Waals surface area contributed by atoms with E-state index in [4.69, 9.17) is 4.42 Å². The Balaban J connectivity index is 1.36. The summed E-state index contributed by atoms with van der Waals surface area (Å²) in [5.41, 5.74) is 2.95. The van der Waals surface area contributed by atoms with Crippen molar-refractivity contribution in [3.05, 3.63) is 77.8 Å². The number of rotatable bonds is 4. The van der Waals surface area contributed by atoms with Crippen LogP contribution < -0.4 is 10.6 Å². The SMILES string of the molecule is O=C(NCc1ncc(-c2ccccc2)o1)NC1c2ccccc2CC1O. The maximum atomic E-state index is 12.2. The number of carbonyl (C=O) groups excluding carboxylic acids is 1. The Morgan fingerprint density at radius 1 is 1.15 bits per heavy atom. The molecule has 1 aromatic heterocycles. The molecule has 1 aliphatic carbocycles.